The molecule has 10 aromatic rings. The Balaban J connectivity index is 1.14. The van der Waals surface area contributed by atoms with Crippen molar-refractivity contribution < 1.29 is 0 Å². The molecule has 0 radical (unpaired) electrons. The van der Waals surface area contributed by atoms with Crippen LogP contribution in [0.3, 0.4) is 0 Å². The van der Waals surface area contributed by atoms with Gasteiger partial charge in [-0.15, -0.1) is 0 Å². The van der Waals surface area contributed by atoms with Crippen LogP contribution in [0.5, 0.6) is 0 Å². The van der Waals surface area contributed by atoms with Crippen LogP contribution in [0.15, 0.2) is 194 Å². The van der Waals surface area contributed by atoms with Crippen LogP contribution in [0.4, 0.5) is 0 Å². The highest BCUT2D eigenvalue weighted by Crippen LogP contribution is 2.42. The largest absolute Gasteiger partial charge is 0.308 e. The quantitative estimate of drug-likeness (QED) is 0.174. The van der Waals surface area contributed by atoms with Gasteiger partial charge in [-0.25, -0.2) is 9.97 Å². The molecule has 3 heterocycles. The van der Waals surface area contributed by atoms with E-state index in [4.69, 9.17) is 9.97 Å². The van der Waals surface area contributed by atoms with Gasteiger partial charge in [-0.3, -0.25) is 0 Å². The number of nitrogens with zero attached hydrogens (tertiary/aromatic N) is 3. The van der Waals surface area contributed by atoms with Crippen LogP contribution < -0.4 is 0 Å². The lowest BCUT2D eigenvalue weighted by Crippen LogP contribution is -1.98. The highest BCUT2D eigenvalue weighted by Gasteiger charge is 2.21. The van der Waals surface area contributed by atoms with Crippen LogP contribution in [0.2, 0.25) is 0 Å². The number of aromatic nitrogens is 3. The van der Waals surface area contributed by atoms with E-state index in [1.54, 1.807) is 0 Å². The van der Waals surface area contributed by atoms with Gasteiger partial charge in [0.25, 0.3) is 0 Å². The number of hydrogen-bond donors (Lipinski definition) is 0. The molecule has 0 amide bonds. The molecule has 0 spiro atoms. The monoisotopic (exact) mass is 689 g/mol. The minimum absolute atomic E-state index is 0.952. The van der Waals surface area contributed by atoms with Crippen molar-refractivity contribution in [1.29, 1.82) is 0 Å². The Morgan fingerprint density at radius 2 is 0.926 bits per heavy atom. The summed E-state index contributed by atoms with van der Waals surface area (Å²) in [7, 11) is 0. The summed E-state index contributed by atoms with van der Waals surface area (Å²) in [4.78, 5) is 10.5. The Bertz CT molecular complexity index is 2950. The molecule has 7 aromatic carbocycles. The van der Waals surface area contributed by atoms with Gasteiger partial charge in [0.1, 0.15) is 0 Å². The average Bonchev–Trinajstić information content (AvgIpc) is 3.60. The minimum atomic E-state index is 0.952. The van der Waals surface area contributed by atoms with Crippen LogP contribution in [-0.2, 0) is 0 Å². The summed E-state index contributed by atoms with van der Waals surface area (Å²) in [6.07, 6.45) is 0. The van der Waals surface area contributed by atoms with Crippen molar-refractivity contribution in [1.82, 2.24) is 14.5 Å². The van der Waals surface area contributed by atoms with Crippen molar-refractivity contribution in [2.75, 3.05) is 0 Å². The Labute approximate surface area is 314 Å². The van der Waals surface area contributed by atoms with Crippen LogP contribution in [-0.4, -0.2) is 14.5 Å². The first kappa shape index (κ1) is 31.6. The second-order valence-electron chi connectivity index (χ2n) is 13.8. The van der Waals surface area contributed by atoms with Crippen molar-refractivity contribution in [3.63, 3.8) is 0 Å². The Morgan fingerprint density at radius 3 is 1.61 bits per heavy atom. The van der Waals surface area contributed by atoms with Crippen LogP contribution in [0, 0.1) is 6.92 Å². The molecule has 0 aliphatic carbocycles. The Morgan fingerprint density at radius 1 is 0.407 bits per heavy atom. The fourth-order valence-corrected chi connectivity index (χ4v) is 7.94. The second kappa shape index (κ2) is 13.1. The van der Waals surface area contributed by atoms with Crippen molar-refractivity contribution in [2.24, 2.45) is 0 Å². The third kappa shape index (κ3) is 5.37. The highest BCUT2D eigenvalue weighted by atomic mass is 15.0. The number of hydrogen-bond acceptors (Lipinski definition) is 2. The topological polar surface area (TPSA) is 30.7 Å². The predicted octanol–water partition coefficient (Wildman–Crippen LogP) is 13.4. The zero-order chi connectivity index (χ0) is 36.0. The fourth-order valence-electron chi connectivity index (χ4n) is 7.94. The summed E-state index contributed by atoms with van der Waals surface area (Å²) in [5.74, 6) is 0. The molecule has 10 rings (SSSR count). The standard InChI is InChI=1S/C51H35N3/c1-34-44(33-46(53-49(34)39-17-7-3-8-18-39)38-27-25-36(26-28-38)35-15-5-2-6-16-35)37-29-31-41(32-30-37)54-47-24-14-12-22-43(47)48-50(40-19-9-4-10-20-40)52-45-23-13-11-21-42(45)51(48)54/h2-33H,1H3. The summed E-state index contributed by atoms with van der Waals surface area (Å²) >= 11 is 0. The number of fused-ring (bicyclic) bond motifs is 5. The number of para-hydroxylation sites is 2. The molecule has 0 aliphatic heterocycles. The normalized spacial score (nSPS) is 11.4. The first-order valence-corrected chi connectivity index (χ1v) is 18.4. The molecule has 0 atom stereocenters. The van der Waals surface area contributed by atoms with Crippen molar-refractivity contribution in [3.8, 4) is 61.7 Å². The molecule has 0 fully saturated rings. The fraction of sp³-hybridized carbons (Fsp3) is 0.0196. The van der Waals surface area contributed by atoms with Crippen LogP contribution >= 0.6 is 0 Å². The van der Waals surface area contributed by atoms with Crippen LogP contribution in [0.25, 0.3) is 94.4 Å². The third-order valence-corrected chi connectivity index (χ3v) is 10.6. The van der Waals surface area contributed by atoms with E-state index in [9.17, 15) is 0 Å². The molecule has 0 saturated carbocycles. The summed E-state index contributed by atoms with van der Waals surface area (Å²) in [6.45, 7) is 2.19. The van der Waals surface area contributed by atoms with E-state index in [2.05, 4.69) is 206 Å². The van der Waals surface area contributed by atoms with Gasteiger partial charge in [0.05, 0.1) is 33.6 Å². The molecule has 3 heteroatoms. The maximum Gasteiger partial charge on any atom is 0.0809 e. The molecule has 3 nitrogen and oxygen atoms in total. The molecule has 0 N–H and O–H groups in total. The SMILES string of the molecule is Cc1c(-c2ccc(-n3c4ccccc4c4c(-c5ccccc5)nc5ccccc5c43)cc2)cc(-c2ccc(-c3ccccc3)cc2)nc1-c1ccccc1. The van der Waals surface area contributed by atoms with Crippen LogP contribution in [0.1, 0.15) is 5.56 Å². The highest BCUT2D eigenvalue weighted by molar-refractivity contribution is 6.22. The van der Waals surface area contributed by atoms with Gasteiger partial charge in [0, 0.05) is 38.5 Å². The first-order valence-electron chi connectivity index (χ1n) is 18.4. The zero-order valence-electron chi connectivity index (χ0n) is 29.8. The summed E-state index contributed by atoms with van der Waals surface area (Å²) in [5.41, 5.74) is 16.5. The van der Waals surface area contributed by atoms with E-state index < -0.39 is 0 Å². The number of pyridine rings is 2. The van der Waals surface area contributed by atoms with Crippen molar-refractivity contribution in [2.45, 2.75) is 6.92 Å². The average molecular weight is 690 g/mol. The zero-order valence-corrected chi connectivity index (χ0v) is 29.8. The molecular formula is C51H35N3. The number of rotatable bonds is 6. The lowest BCUT2D eigenvalue weighted by atomic mass is 9.94. The van der Waals surface area contributed by atoms with Gasteiger partial charge in [0.2, 0.25) is 0 Å². The van der Waals surface area contributed by atoms with Crippen molar-refractivity contribution >= 4 is 32.7 Å². The maximum absolute atomic E-state index is 5.28. The summed E-state index contributed by atoms with van der Waals surface area (Å²) < 4.78 is 2.42. The van der Waals surface area contributed by atoms with E-state index in [-0.39, 0.29) is 0 Å². The van der Waals surface area contributed by atoms with E-state index in [1.807, 2.05) is 0 Å². The van der Waals surface area contributed by atoms with Gasteiger partial charge < -0.3 is 4.57 Å². The maximum atomic E-state index is 5.28. The minimum Gasteiger partial charge on any atom is -0.308 e. The van der Waals surface area contributed by atoms with E-state index in [0.717, 1.165) is 67.0 Å². The van der Waals surface area contributed by atoms with E-state index in [0.29, 0.717) is 0 Å². The smallest absolute Gasteiger partial charge is 0.0809 e. The van der Waals surface area contributed by atoms with Gasteiger partial charge in [-0.1, -0.05) is 164 Å². The first-order chi connectivity index (χ1) is 26.7. The molecule has 0 saturated heterocycles. The summed E-state index contributed by atoms with van der Waals surface area (Å²) in [6, 6.07) is 68.8. The van der Waals surface area contributed by atoms with Gasteiger partial charge in [0.15, 0.2) is 0 Å². The molecular weight excluding hydrogens is 655 g/mol. The van der Waals surface area contributed by atoms with Gasteiger partial charge in [-0.05, 0) is 65.1 Å². The van der Waals surface area contributed by atoms with Gasteiger partial charge >= 0.3 is 0 Å². The van der Waals surface area contributed by atoms with E-state index in [1.165, 1.54) is 33.0 Å². The molecule has 0 bridgehead atoms. The van der Waals surface area contributed by atoms with E-state index >= 15 is 0 Å². The second-order valence-corrected chi connectivity index (χ2v) is 13.8. The lowest BCUT2D eigenvalue weighted by molar-refractivity contribution is 1.18. The Kier molecular flexibility index (Phi) is 7.70. The van der Waals surface area contributed by atoms with Crippen molar-refractivity contribution in [3.05, 3.63) is 200 Å². The molecule has 0 unspecified atom stereocenters. The molecule has 254 valence electrons. The molecule has 54 heavy (non-hydrogen) atoms. The summed E-state index contributed by atoms with van der Waals surface area (Å²) in [5, 5.41) is 3.49. The Hall–Kier alpha value is -7.10. The lowest BCUT2D eigenvalue weighted by Gasteiger charge is -2.16. The predicted molar refractivity (Wildman–Crippen MR) is 226 cm³/mol. The third-order valence-electron chi connectivity index (χ3n) is 10.6. The molecule has 0 aliphatic rings. The van der Waals surface area contributed by atoms with Gasteiger partial charge in [-0.2, -0.15) is 0 Å². The number of benzene rings is 7. The molecule has 3 aromatic heterocycles.